The molecule has 2 aromatic carbocycles. The Labute approximate surface area is 150 Å². The zero-order valence-corrected chi connectivity index (χ0v) is 14.4. The van der Waals surface area contributed by atoms with Crippen LogP contribution < -0.4 is 0 Å². The van der Waals surface area contributed by atoms with Gasteiger partial charge < -0.3 is 0 Å². The fraction of sp³-hybridized carbons (Fsp3) is 0.318. The zero-order chi connectivity index (χ0) is 18.1. The minimum absolute atomic E-state index is 0.377. The van der Waals surface area contributed by atoms with Crippen LogP contribution in [-0.2, 0) is 6.18 Å². The molecule has 0 aliphatic heterocycles. The van der Waals surface area contributed by atoms with Crippen molar-refractivity contribution >= 4 is 10.8 Å². The summed E-state index contributed by atoms with van der Waals surface area (Å²) < 4.78 is 39.2. The Morgan fingerprint density at radius 1 is 0.885 bits per heavy atom. The fourth-order valence-electron chi connectivity index (χ4n) is 4.00. The number of pyridine rings is 1. The highest BCUT2D eigenvalue weighted by molar-refractivity contribution is 5.90. The lowest BCUT2D eigenvalue weighted by molar-refractivity contribution is -0.137. The summed E-state index contributed by atoms with van der Waals surface area (Å²) in [6.07, 6.45) is 2.86. The molecule has 0 amide bonds. The Bertz CT molecular complexity index is 924. The summed E-state index contributed by atoms with van der Waals surface area (Å²) in [4.78, 5) is 4.22. The van der Waals surface area contributed by atoms with Crippen LogP contribution in [0, 0.1) is 0 Å². The lowest BCUT2D eigenvalue weighted by atomic mass is 9.81. The second-order valence-corrected chi connectivity index (χ2v) is 7.05. The first-order valence-corrected chi connectivity index (χ1v) is 9.09. The molecule has 0 bridgehead atoms. The largest absolute Gasteiger partial charge is 0.416 e. The molecule has 0 spiro atoms. The molecule has 26 heavy (non-hydrogen) atoms. The van der Waals surface area contributed by atoms with Crippen LogP contribution in [0.3, 0.4) is 0 Å². The zero-order valence-electron chi connectivity index (χ0n) is 14.4. The van der Waals surface area contributed by atoms with Gasteiger partial charge in [0.1, 0.15) is 0 Å². The molecule has 4 heteroatoms. The Morgan fingerprint density at radius 3 is 2.42 bits per heavy atom. The van der Waals surface area contributed by atoms with Crippen molar-refractivity contribution in [2.24, 2.45) is 0 Å². The van der Waals surface area contributed by atoms with E-state index in [0.29, 0.717) is 11.6 Å². The summed E-state index contributed by atoms with van der Waals surface area (Å²) in [7, 11) is 0. The summed E-state index contributed by atoms with van der Waals surface area (Å²) in [5.41, 5.74) is 1.73. The van der Waals surface area contributed by atoms with E-state index < -0.39 is 11.7 Å². The molecule has 134 valence electrons. The van der Waals surface area contributed by atoms with Crippen LogP contribution in [-0.4, -0.2) is 4.98 Å². The third-order valence-electron chi connectivity index (χ3n) is 5.32. The van der Waals surface area contributed by atoms with E-state index in [2.05, 4.69) is 17.1 Å². The number of benzene rings is 2. The third-order valence-corrected chi connectivity index (χ3v) is 5.32. The van der Waals surface area contributed by atoms with E-state index >= 15 is 0 Å². The highest BCUT2D eigenvalue weighted by atomic mass is 19.4. The highest BCUT2D eigenvalue weighted by Crippen LogP contribution is 2.39. The Morgan fingerprint density at radius 2 is 1.65 bits per heavy atom. The van der Waals surface area contributed by atoms with Gasteiger partial charge in [-0.25, -0.2) is 0 Å². The van der Waals surface area contributed by atoms with Gasteiger partial charge in [0.2, 0.25) is 0 Å². The first-order chi connectivity index (χ1) is 12.5. The van der Waals surface area contributed by atoms with Gasteiger partial charge in [-0.2, -0.15) is 13.2 Å². The summed E-state index contributed by atoms with van der Waals surface area (Å²) >= 11 is 0. The molecule has 0 unspecified atom stereocenters. The molecule has 1 saturated carbocycles. The third kappa shape index (κ3) is 3.33. The lowest BCUT2D eigenvalue weighted by Crippen LogP contribution is -2.06. The monoisotopic (exact) mass is 355 g/mol. The van der Waals surface area contributed by atoms with Gasteiger partial charge in [0, 0.05) is 11.8 Å². The average Bonchev–Trinajstić information content (AvgIpc) is 2.67. The molecule has 4 rings (SSSR count). The van der Waals surface area contributed by atoms with Crippen molar-refractivity contribution in [2.45, 2.75) is 44.2 Å². The second-order valence-electron chi connectivity index (χ2n) is 7.05. The molecule has 1 aliphatic carbocycles. The standard InChI is InChI=1S/C22H20F3N/c23-22(24,25)18-10-11-26-21(14-18)17-12-16-8-4-5-9-19(16)20(13-17)15-6-2-1-3-7-15/h4-5,8-15H,1-3,6-7H2. The summed E-state index contributed by atoms with van der Waals surface area (Å²) in [5, 5.41) is 2.26. The van der Waals surface area contributed by atoms with Gasteiger partial charge in [0.05, 0.1) is 11.3 Å². The number of hydrogen-bond acceptors (Lipinski definition) is 1. The smallest absolute Gasteiger partial charge is 0.256 e. The van der Waals surface area contributed by atoms with Crippen LogP contribution in [0.2, 0.25) is 0 Å². The van der Waals surface area contributed by atoms with E-state index in [9.17, 15) is 13.2 Å². The van der Waals surface area contributed by atoms with E-state index in [1.54, 1.807) is 0 Å². The molecular formula is C22H20F3N. The van der Waals surface area contributed by atoms with E-state index in [1.807, 2.05) is 24.3 Å². The van der Waals surface area contributed by atoms with E-state index in [1.165, 1.54) is 36.4 Å². The maximum atomic E-state index is 13.1. The molecule has 0 N–H and O–H groups in total. The quantitative estimate of drug-likeness (QED) is 0.484. The first kappa shape index (κ1) is 17.1. The maximum absolute atomic E-state index is 13.1. The van der Waals surface area contributed by atoms with Crippen molar-refractivity contribution in [1.82, 2.24) is 4.98 Å². The van der Waals surface area contributed by atoms with Crippen molar-refractivity contribution in [3.8, 4) is 11.3 Å². The lowest BCUT2D eigenvalue weighted by Gasteiger charge is -2.24. The van der Waals surface area contributed by atoms with Crippen molar-refractivity contribution in [1.29, 1.82) is 0 Å². The molecule has 0 radical (unpaired) electrons. The van der Waals surface area contributed by atoms with Crippen LogP contribution in [0.5, 0.6) is 0 Å². The SMILES string of the molecule is FC(F)(F)c1ccnc(-c2cc(C3CCCCC3)c3ccccc3c2)c1. The van der Waals surface area contributed by atoms with Crippen LogP contribution in [0.1, 0.15) is 49.1 Å². The number of rotatable bonds is 2. The van der Waals surface area contributed by atoms with Crippen LogP contribution in [0.4, 0.5) is 13.2 Å². The molecule has 1 heterocycles. The Kier molecular flexibility index (Phi) is 4.43. The van der Waals surface area contributed by atoms with Gasteiger partial charge in [0.25, 0.3) is 0 Å². The summed E-state index contributed by atoms with van der Waals surface area (Å²) in [5.74, 6) is 0.472. The Hall–Kier alpha value is -2.36. The van der Waals surface area contributed by atoms with Crippen LogP contribution >= 0.6 is 0 Å². The number of hydrogen-bond donors (Lipinski definition) is 0. The molecule has 1 fully saturated rings. The van der Waals surface area contributed by atoms with Gasteiger partial charge >= 0.3 is 6.18 Å². The average molecular weight is 355 g/mol. The minimum Gasteiger partial charge on any atom is -0.256 e. The van der Waals surface area contributed by atoms with Crippen molar-refractivity contribution in [3.63, 3.8) is 0 Å². The van der Waals surface area contributed by atoms with Gasteiger partial charge in [-0.1, -0.05) is 43.5 Å². The topological polar surface area (TPSA) is 12.9 Å². The van der Waals surface area contributed by atoms with Crippen LogP contribution in [0.25, 0.3) is 22.0 Å². The molecule has 1 aromatic heterocycles. The second kappa shape index (κ2) is 6.75. The van der Waals surface area contributed by atoms with E-state index in [0.717, 1.165) is 35.9 Å². The van der Waals surface area contributed by atoms with Gasteiger partial charge in [0.15, 0.2) is 0 Å². The predicted octanol–water partition coefficient (Wildman–Crippen LogP) is 6.97. The van der Waals surface area contributed by atoms with Crippen molar-refractivity contribution in [3.05, 3.63) is 65.9 Å². The highest BCUT2D eigenvalue weighted by Gasteiger charge is 2.31. The van der Waals surface area contributed by atoms with Crippen LogP contribution in [0.15, 0.2) is 54.7 Å². The number of alkyl halides is 3. The number of halogens is 3. The fourth-order valence-corrected chi connectivity index (χ4v) is 4.00. The first-order valence-electron chi connectivity index (χ1n) is 9.09. The van der Waals surface area contributed by atoms with Crippen molar-refractivity contribution < 1.29 is 13.2 Å². The molecule has 0 atom stereocenters. The predicted molar refractivity (Wildman–Crippen MR) is 98.0 cm³/mol. The summed E-state index contributed by atoms with van der Waals surface area (Å²) in [6, 6.07) is 14.3. The molecular weight excluding hydrogens is 335 g/mol. The van der Waals surface area contributed by atoms with Crippen molar-refractivity contribution in [2.75, 3.05) is 0 Å². The normalized spacial score (nSPS) is 16.1. The van der Waals surface area contributed by atoms with Gasteiger partial charge in [-0.3, -0.25) is 4.98 Å². The number of aromatic nitrogens is 1. The minimum atomic E-state index is -4.36. The molecule has 1 aliphatic rings. The maximum Gasteiger partial charge on any atom is 0.416 e. The Balaban J connectivity index is 1.86. The molecule has 0 saturated heterocycles. The number of fused-ring (bicyclic) bond motifs is 1. The molecule has 3 aromatic rings. The van der Waals surface area contributed by atoms with Gasteiger partial charge in [-0.15, -0.1) is 0 Å². The van der Waals surface area contributed by atoms with Gasteiger partial charge in [-0.05, 0) is 59.4 Å². The van der Waals surface area contributed by atoms with E-state index in [4.69, 9.17) is 0 Å². The summed E-state index contributed by atoms with van der Waals surface area (Å²) in [6.45, 7) is 0. The molecule has 1 nitrogen and oxygen atoms in total. The van der Waals surface area contributed by atoms with E-state index in [-0.39, 0.29) is 0 Å². The number of nitrogens with zero attached hydrogens (tertiary/aromatic N) is 1.